The fraction of sp³-hybridized carbons (Fsp3) is 0.235. The van der Waals surface area contributed by atoms with Crippen LogP contribution < -0.4 is 11.5 Å². The van der Waals surface area contributed by atoms with Crippen molar-refractivity contribution in [1.29, 1.82) is 0 Å². The Bertz CT molecular complexity index is 871. The van der Waals surface area contributed by atoms with Gasteiger partial charge in [0, 0.05) is 12.7 Å². The highest BCUT2D eigenvalue weighted by Crippen LogP contribution is 2.20. The van der Waals surface area contributed by atoms with Crippen molar-refractivity contribution in [3.05, 3.63) is 47.7 Å². The Kier molecular flexibility index (Phi) is 4.33. The lowest BCUT2D eigenvalue weighted by molar-refractivity contribution is 0.0600. The van der Waals surface area contributed by atoms with Crippen molar-refractivity contribution in [2.24, 2.45) is 0 Å². The van der Waals surface area contributed by atoms with Gasteiger partial charge in [0.15, 0.2) is 5.82 Å². The first-order chi connectivity index (χ1) is 11.6. The lowest BCUT2D eigenvalue weighted by Gasteiger charge is -2.07. The average Bonchev–Trinajstić information content (AvgIpc) is 2.98. The van der Waals surface area contributed by atoms with Gasteiger partial charge in [-0.1, -0.05) is 12.1 Å². The summed E-state index contributed by atoms with van der Waals surface area (Å²) in [6, 6.07) is 9.33. The number of rotatable bonds is 5. The zero-order valence-corrected chi connectivity index (χ0v) is 13.4. The Morgan fingerprint density at radius 3 is 2.62 bits per heavy atom. The molecule has 24 heavy (non-hydrogen) atoms. The minimum Gasteiger partial charge on any atom is -0.465 e. The first-order valence-electron chi connectivity index (χ1n) is 7.63. The molecule has 7 heteroatoms. The summed E-state index contributed by atoms with van der Waals surface area (Å²) in [6.07, 6.45) is 3.75. The van der Waals surface area contributed by atoms with Crippen LogP contribution in [0.15, 0.2) is 36.5 Å². The predicted molar refractivity (Wildman–Crippen MR) is 92.5 cm³/mol. The molecular weight excluding hydrogens is 306 g/mol. The molecule has 1 aromatic carbocycles. The molecule has 0 amide bonds. The van der Waals surface area contributed by atoms with Gasteiger partial charge in [-0.3, -0.25) is 0 Å². The number of anilines is 2. The molecule has 4 N–H and O–H groups in total. The molecular formula is C17H19N5O2. The number of aromatic nitrogens is 3. The Hall–Kier alpha value is -3.09. The molecule has 0 aliphatic heterocycles. The van der Waals surface area contributed by atoms with E-state index >= 15 is 0 Å². The lowest BCUT2D eigenvalue weighted by atomic mass is 10.1. The van der Waals surface area contributed by atoms with Gasteiger partial charge >= 0.3 is 5.97 Å². The van der Waals surface area contributed by atoms with E-state index in [1.54, 1.807) is 12.1 Å². The van der Waals surface area contributed by atoms with Gasteiger partial charge in [-0.15, -0.1) is 0 Å². The largest absolute Gasteiger partial charge is 0.465 e. The molecule has 3 aromatic rings. The first kappa shape index (κ1) is 15.8. The SMILES string of the molecule is COC(=O)c1ccc(CCCn2ccc3nc(N)nc(N)c32)cc1. The van der Waals surface area contributed by atoms with Crippen LogP contribution in [0.4, 0.5) is 11.8 Å². The number of nitrogens with two attached hydrogens (primary N) is 2. The van der Waals surface area contributed by atoms with Crippen LogP contribution in [0.25, 0.3) is 11.0 Å². The van der Waals surface area contributed by atoms with Crippen molar-refractivity contribution < 1.29 is 9.53 Å². The summed E-state index contributed by atoms with van der Waals surface area (Å²) in [5.74, 6) is 0.253. The summed E-state index contributed by atoms with van der Waals surface area (Å²) in [5, 5.41) is 0. The molecule has 0 fully saturated rings. The third-order valence-electron chi connectivity index (χ3n) is 3.89. The van der Waals surface area contributed by atoms with Crippen LogP contribution in [-0.2, 0) is 17.7 Å². The quantitative estimate of drug-likeness (QED) is 0.695. The number of aryl methyl sites for hydroxylation is 2. The zero-order valence-electron chi connectivity index (χ0n) is 13.4. The summed E-state index contributed by atoms with van der Waals surface area (Å²) >= 11 is 0. The second-order valence-corrected chi connectivity index (χ2v) is 5.50. The van der Waals surface area contributed by atoms with Crippen LogP contribution in [0.1, 0.15) is 22.3 Å². The van der Waals surface area contributed by atoms with Gasteiger partial charge in [0.2, 0.25) is 5.95 Å². The number of ether oxygens (including phenoxy) is 1. The van der Waals surface area contributed by atoms with Crippen molar-refractivity contribution in [1.82, 2.24) is 14.5 Å². The summed E-state index contributed by atoms with van der Waals surface area (Å²) in [7, 11) is 1.38. The van der Waals surface area contributed by atoms with Crippen LogP contribution in [0.5, 0.6) is 0 Å². The molecule has 0 saturated carbocycles. The Morgan fingerprint density at radius 1 is 1.17 bits per heavy atom. The summed E-state index contributed by atoms with van der Waals surface area (Å²) < 4.78 is 6.73. The molecule has 2 heterocycles. The first-order valence-corrected chi connectivity index (χ1v) is 7.63. The smallest absolute Gasteiger partial charge is 0.337 e. The molecule has 0 saturated heterocycles. The van der Waals surface area contributed by atoms with Gasteiger partial charge in [-0.2, -0.15) is 4.98 Å². The van der Waals surface area contributed by atoms with Gasteiger partial charge in [0.05, 0.1) is 18.2 Å². The number of benzene rings is 1. The van der Waals surface area contributed by atoms with Crippen LogP contribution in [-0.4, -0.2) is 27.6 Å². The summed E-state index contributed by atoms with van der Waals surface area (Å²) in [6.45, 7) is 0.791. The Morgan fingerprint density at radius 2 is 1.92 bits per heavy atom. The minimum atomic E-state index is -0.324. The number of hydrogen-bond donors (Lipinski definition) is 2. The van der Waals surface area contributed by atoms with Crippen molar-refractivity contribution in [3.8, 4) is 0 Å². The van der Waals surface area contributed by atoms with E-state index in [1.165, 1.54) is 7.11 Å². The van der Waals surface area contributed by atoms with E-state index in [0.717, 1.165) is 36.0 Å². The molecule has 0 spiro atoms. The number of esters is 1. The van der Waals surface area contributed by atoms with E-state index in [0.29, 0.717) is 11.4 Å². The van der Waals surface area contributed by atoms with E-state index in [1.807, 2.05) is 29.0 Å². The second-order valence-electron chi connectivity index (χ2n) is 5.50. The predicted octanol–water partition coefficient (Wildman–Crippen LogP) is 2.02. The molecule has 2 aromatic heterocycles. The monoisotopic (exact) mass is 325 g/mol. The number of methoxy groups -OCH3 is 1. The zero-order chi connectivity index (χ0) is 17.1. The fourth-order valence-electron chi connectivity index (χ4n) is 2.72. The maximum absolute atomic E-state index is 11.4. The standard InChI is InChI=1S/C17H19N5O2/c1-24-16(23)12-6-4-11(5-7-12)3-2-9-22-10-8-13-14(22)15(18)21-17(19)20-13/h4-8,10H,2-3,9H2,1H3,(H4,18,19,20,21). The average molecular weight is 325 g/mol. The number of fused-ring (bicyclic) bond motifs is 1. The highest BCUT2D eigenvalue weighted by molar-refractivity contribution is 5.89. The molecule has 124 valence electrons. The molecule has 0 unspecified atom stereocenters. The molecule has 0 radical (unpaired) electrons. The third kappa shape index (κ3) is 3.15. The number of carbonyl (C=O) groups is 1. The maximum atomic E-state index is 11.4. The number of nitrogen functional groups attached to an aromatic ring is 2. The van der Waals surface area contributed by atoms with Crippen molar-refractivity contribution in [3.63, 3.8) is 0 Å². The van der Waals surface area contributed by atoms with Gasteiger partial charge in [-0.05, 0) is 36.6 Å². The summed E-state index contributed by atoms with van der Waals surface area (Å²) in [4.78, 5) is 19.6. The molecule has 0 aliphatic carbocycles. The molecule has 0 aliphatic rings. The van der Waals surface area contributed by atoms with Crippen LogP contribution in [0.3, 0.4) is 0 Å². The second kappa shape index (κ2) is 6.57. The van der Waals surface area contributed by atoms with E-state index in [-0.39, 0.29) is 11.9 Å². The van der Waals surface area contributed by atoms with E-state index < -0.39 is 0 Å². The number of nitrogens with zero attached hydrogens (tertiary/aromatic N) is 3. The van der Waals surface area contributed by atoms with Gasteiger partial charge < -0.3 is 20.8 Å². The van der Waals surface area contributed by atoms with Crippen LogP contribution in [0, 0.1) is 0 Å². The highest BCUT2D eigenvalue weighted by Gasteiger charge is 2.09. The molecule has 3 rings (SSSR count). The van der Waals surface area contributed by atoms with Crippen molar-refractivity contribution >= 4 is 28.8 Å². The summed E-state index contributed by atoms with van der Waals surface area (Å²) in [5.41, 5.74) is 14.8. The molecule has 0 bridgehead atoms. The van der Waals surface area contributed by atoms with E-state index in [9.17, 15) is 4.79 Å². The third-order valence-corrected chi connectivity index (χ3v) is 3.89. The fourth-order valence-corrected chi connectivity index (χ4v) is 2.72. The van der Waals surface area contributed by atoms with Crippen LogP contribution >= 0.6 is 0 Å². The number of carbonyl (C=O) groups excluding carboxylic acids is 1. The normalized spacial score (nSPS) is 10.9. The number of hydrogen-bond acceptors (Lipinski definition) is 6. The highest BCUT2D eigenvalue weighted by atomic mass is 16.5. The molecule has 7 nitrogen and oxygen atoms in total. The Balaban J connectivity index is 1.65. The maximum Gasteiger partial charge on any atom is 0.337 e. The van der Waals surface area contributed by atoms with Gasteiger partial charge in [-0.25, -0.2) is 9.78 Å². The van der Waals surface area contributed by atoms with Gasteiger partial charge in [0.1, 0.15) is 5.52 Å². The van der Waals surface area contributed by atoms with E-state index in [2.05, 4.69) is 9.97 Å². The van der Waals surface area contributed by atoms with E-state index in [4.69, 9.17) is 16.2 Å². The lowest BCUT2D eigenvalue weighted by Crippen LogP contribution is -2.05. The van der Waals surface area contributed by atoms with Crippen molar-refractivity contribution in [2.45, 2.75) is 19.4 Å². The topological polar surface area (TPSA) is 109 Å². The van der Waals surface area contributed by atoms with Gasteiger partial charge in [0.25, 0.3) is 0 Å². The minimum absolute atomic E-state index is 0.184. The van der Waals surface area contributed by atoms with Crippen LogP contribution in [0.2, 0.25) is 0 Å². The van der Waals surface area contributed by atoms with Crippen molar-refractivity contribution in [2.75, 3.05) is 18.6 Å². The Labute approximate surface area is 139 Å². The molecule has 0 atom stereocenters.